The van der Waals surface area contributed by atoms with Crippen LogP contribution in [0.4, 0.5) is 5.69 Å². The third-order valence-electron chi connectivity index (χ3n) is 2.58. The molecule has 0 fully saturated rings. The molecular weight excluding hydrogens is 204 g/mol. The highest BCUT2D eigenvalue weighted by Crippen LogP contribution is 2.18. The van der Waals surface area contributed by atoms with Crippen molar-refractivity contribution in [3.05, 3.63) is 24.3 Å². The van der Waals surface area contributed by atoms with Crippen molar-refractivity contribution in [3.63, 3.8) is 0 Å². The van der Waals surface area contributed by atoms with Crippen LogP contribution in [0.3, 0.4) is 0 Å². The van der Waals surface area contributed by atoms with Gasteiger partial charge in [-0.25, -0.2) is 0 Å². The lowest BCUT2D eigenvalue weighted by Gasteiger charge is -2.21. The maximum absolute atomic E-state index is 11.8. The fraction of sp³-hybridized carbons (Fsp3) is 0.417. The molecule has 4 heteroatoms. The van der Waals surface area contributed by atoms with Gasteiger partial charge in [0.25, 0.3) is 0 Å². The molecule has 1 rings (SSSR count). The summed E-state index contributed by atoms with van der Waals surface area (Å²) in [5.74, 6) is 0.510. The van der Waals surface area contributed by atoms with Crippen LogP contribution in [0.25, 0.3) is 0 Å². The molecule has 88 valence electrons. The zero-order valence-corrected chi connectivity index (χ0v) is 9.91. The SMILES string of the molecule is CCC(C)(N)C(=O)Nc1cccc(OC)c1. The zero-order valence-electron chi connectivity index (χ0n) is 9.91. The van der Waals surface area contributed by atoms with Gasteiger partial charge < -0.3 is 15.8 Å². The number of carbonyl (C=O) groups is 1. The highest BCUT2D eigenvalue weighted by molar-refractivity contribution is 5.97. The van der Waals surface area contributed by atoms with Gasteiger partial charge in [0.05, 0.1) is 12.6 Å². The van der Waals surface area contributed by atoms with Crippen molar-refractivity contribution >= 4 is 11.6 Å². The van der Waals surface area contributed by atoms with E-state index in [1.165, 1.54) is 0 Å². The molecule has 16 heavy (non-hydrogen) atoms. The highest BCUT2D eigenvalue weighted by Gasteiger charge is 2.25. The first kappa shape index (κ1) is 12.5. The van der Waals surface area contributed by atoms with Crippen molar-refractivity contribution in [1.29, 1.82) is 0 Å². The summed E-state index contributed by atoms with van der Waals surface area (Å²) < 4.78 is 5.07. The molecular formula is C12H18N2O2. The van der Waals surface area contributed by atoms with Crippen molar-refractivity contribution < 1.29 is 9.53 Å². The van der Waals surface area contributed by atoms with E-state index in [1.807, 2.05) is 19.1 Å². The second-order valence-electron chi connectivity index (χ2n) is 3.96. The molecule has 0 spiro atoms. The van der Waals surface area contributed by atoms with E-state index in [-0.39, 0.29) is 5.91 Å². The smallest absolute Gasteiger partial charge is 0.244 e. The molecule has 4 nitrogen and oxygen atoms in total. The average Bonchev–Trinajstić information content (AvgIpc) is 2.29. The molecule has 1 aromatic rings. The summed E-state index contributed by atoms with van der Waals surface area (Å²) in [5, 5.41) is 2.76. The lowest BCUT2D eigenvalue weighted by atomic mass is 9.99. The first-order valence-corrected chi connectivity index (χ1v) is 5.24. The predicted octanol–water partition coefficient (Wildman–Crippen LogP) is 1.76. The molecule has 0 aliphatic heterocycles. The Balaban J connectivity index is 2.77. The Bertz CT molecular complexity index is 375. The highest BCUT2D eigenvalue weighted by atomic mass is 16.5. The lowest BCUT2D eigenvalue weighted by molar-refractivity contribution is -0.120. The Hall–Kier alpha value is -1.55. The summed E-state index contributed by atoms with van der Waals surface area (Å²) in [6.07, 6.45) is 0.586. The minimum Gasteiger partial charge on any atom is -0.497 e. The van der Waals surface area contributed by atoms with Crippen molar-refractivity contribution in [3.8, 4) is 5.75 Å². The second-order valence-corrected chi connectivity index (χ2v) is 3.96. The number of nitrogens with two attached hydrogens (primary N) is 1. The summed E-state index contributed by atoms with van der Waals surface area (Å²) >= 11 is 0. The molecule has 0 aliphatic rings. The molecule has 1 unspecified atom stereocenters. The fourth-order valence-electron chi connectivity index (χ4n) is 1.14. The van der Waals surface area contributed by atoms with Gasteiger partial charge in [-0.15, -0.1) is 0 Å². The van der Waals surface area contributed by atoms with E-state index in [1.54, 1.807) is 26.2 Å². The van der Waals surface area contributed by atoms with Crippen molar-refractivity contribution in [2.75, 3.05) is 12.4 Å². The minimum absolute atomic E-state index is 0.191. The maximum atomic E-state index is 11.8. The number of anilines is 1. The second kappa shape index (κ2) is 4.99. The van der Waals surface area contributed by atoms with Gasteiger partial charge >= 0.3 is 0 Å². The van der Waals surface area contributed by atoms with Crippen LogP contribution in [0.2, 0.25) is 0 Å². The van der Waals surface area contributed by atoms with Gasteiger partial charge in [0, 0.05) is 11.8 Å². The van der Waals surface area contributed by atoms with Crippen LogP contribution in [0.15, 0.2) is 24.3 Å². The Labute approximate surface area is 95.8 Å². The van der Waals surface area contributed by atoms with E-state index in [0.717, 1.165) is 0 Å². The third kappa shape index (κ3) is 2.97. The van der Waals surface area contributed by atoms with Crippen LogP contribution >= 0.6 is 0 Å². The van der Waals surface area contributed by atoms with E-state index in [0.29, 0.717) is 17.9 Å². The standard InChI is InChI=1S/C12H18N2O2/c1-4-12(2,13)11(15)14-9-6-5-7-10(8-9)16-3/h5-8H,4,13H2,1-3H3,(H,14,15). The molecule has 0 saturated heterocycles. The maximum Gasteiger partial charge on any atom is 0.244 e. The average molecular weight is 222 g/mol. The van der Waals surface area contributed by atoms with Crippen LogP contribution in [0, 0.1) is 0 Å². The van der Waals surface area contributed by atoms with Gasteiger partial charge in [0.1, 0.15) is 5.75 Å². The number of benzene rings is 1. The van der Waals surface area contributed by atoms with Crippen LogP contribution in [-0.4, -0.2) is 18.6 Å². The molecule has 3 N–H and O–H groups in total. The van der Waals surface area contributed by atoms with Crippen molar-refractivity contribution in [1.82, 2.24) is 0 Å². The molecule has 1 atom stereocenters. The van der Waals surface area contributed by atoms with Crippen LogP contribution in [0.5, 0.6) is 5.75 Å². The first-order chi connectivity index (χ1) is 7.49. The number of ether oxygens (including phenoxy) is 1. The zero-order chi connectivity index (χ0) is 12.2. The van der Waals surface area contributed by atoms with E-state index in [2.05, 4.69) is 5.32 Å². The first-order valence-electron chi connectivity index (χ1n) is 5.24. The molecule has 0 bridgehead atoms. The van der Waals surface area contributed by atoms with Crippen LogP contribution < -0.4 is 15.8 Å². The van der Waals surface area contributed by atoms with E-state index < -0.39 is 5.54 Å². The number of hydrogen-bond acceptors (Lipinski definition) is 3. The summed E-state index contributed by atoms with van der Waals surface area (Å²) in [7, 11) is 1.58. The lowest BCUT2D eigenvalue weighted by Crippen LogP contribution is -2.47. The number of carbonyl (C=O) groups excluding carboxylic acids is 1. The normalized spacial score (nSPS) is 14.0. The quantitative estimate of drug-likeness (QED) is 0.816. The number of methoxy groups -OCH3 is 1. The van der Waals surface area contributed by atoms with Gasteiger partial charge in [-0.05, 0) is 25.5 Å². The number of hydrogen-bond donors (Lipinski definition) is 2. The molecule has 0 aliphatic carbocycles. The van der Waals surface area contributed by atoms with Gasteiger partial charge in [-0.1, -0.05) is 13.0 Å². The van der Waals surface area contributed by atoms with E-state index >= 15 is 0 Å². The topological polar surface area (TPSA) is 64.4 Å². The van der Waals surface area contributed by atoms with E-state index in [4.69, 9.17) is 10.5 Å². The monoisotopic (exact) mass is 222 g/mol. The van der Waals surface area contributed by atoms with Crippen LogP contribution in [0.1, 0.15) is 20.3 Å². The third-order valence-corrected chi connectivity index (χ3v) is 2.58. The Kier molecular flexibility index (Phi) is 3.90. The van der Waals surface area contributed by atoms with Crippen molar-refractivity contribution in [2.45, 2.75) is 25.8 Å². The summed E-state index contributed by atoms with van der Waals surface area (Å²) in [6, 6.07) is 7.18. The molecule has 1 amide bonds. The molecule has 0 saturated carbocycles. The summed E-state index contributed by atoms with van der Waals surface area (Å²) in [4.78, 5) is 11.8. The Morgan fingerprint density at radius 2 is 2.25 bits per heavy atom. The summed E-state index contributed by atoms with van der Waals surface area (Å²) in [6.45, 7) is 3.59. The Morgan fingerprint density at radius 1 is 1.56 bits per heavy atom. The fourth-order valence-corrected chi connectivity index (χ4v) is 1.14. The minimum atomic E-state index is -0.844. The van der Waals surface area contributed by atoms with Crippen molar-refractivity contribution in [2.24, 2.45) is 5.73 Å². The summed E-state index contributed by atoms with van der Waals surface area (Å²) in [5.41, 5.74) is 5.68. The molecule has 0 radical (unpaired) electrons. The van der Waals surface area contributed by atoms with Gasteiger partial charge in [-0.2, -0.15) is 0 Å². The van der Waals surface area contributed by atoms with Crippen LogP contribution in [-0.2, 0) is 4.79 Å². The predicted molar refractivity (Wildman–Crippen MR) is 64.5 cm³/mol. The molecule has 0 heterocycles. The Morgan fingerprint density at radius 3 is 2.81 bits per heavy atom. The largest absolute Gasteiger partial charge is 0.497 e. The van der Waals surface area contributed by atoms with Gasteiger partial charge in [0.2, 0.25) is 5.91 Å². The van der Waals surface area contributed by atoms with Gasteiger partial charge in [0.15, 0.2) is 0 Å². The van der Waals surface area contributed by atoms with Gasteiger partial charge in [-0.3, -0.25) is 4.79 Å². The number of amides is 1. The molecule has 0 aromatic heterocycles. The number of nitrogens with one attached hydrogen (secondary N) is 1. The molecule has 1 aromatic carbocycles. The van der Waals surface area contributed by atoms with E-state index in [9.17, 15) is 4.79 Å². The number of rotatable bonds is 4.